The number of aromatic nitrogens is 2. The molecule has 0 saturated heterocycles. The highest BCUT2D eigenvalue weighted by molar-refractivity contribution is 7.89. The summed E-state index contributed by atoms with van der Waals surface area (Å²) in [4.78, 5) is 13.0. The molecule has 1 N–H and O–H groups in total. The number of amides is 1. The van der Waals surface area contributed by atoms with E-state index in [1.165, 1.54) is 6.26 Å². The largest absolute Gasteiger partial charge is 0.496 e. The molecule has 0 radical (unpaired) electrons. The van der Waals surface area contributed by atoms with E-state index in [0.717, 1.165) is 16.8 Å². The minimum absolute atomic E-state index is 0.0721. The molecule has 0 bridgehead atoms. The first-order valence-corrected chi connectivity index (χ1v) is 12.7. The Hall–Kier alpha value is -3.91. The van der Waals surface area contributed by atoms with Crippen molar-refractivity contribution in [3.05, 3.63) is 95.6 Å². The van der Waals surface area contributed by atoms with E-state index < -0.39 is 9.84 Å². The highest BCUT2D eigenvalue weighted by Gasteiger charge is 2.17. The molecule has 8 heteroatoms. The van der Waals surface area contributed by atoms with Crippen LogP contribution in [-0.4, -0.2) is 37.5 Å². The Bertz CT molecular complexity index is 1420. The zero-order valence-electron chi connectivity index (χ0n) is 19.1. The van der Waals surface area contributed by atoms with Gasteiger partial charge in [-0.25, -0.2) is 13.1 Å². The Morgan fingerprint density at radius 3 is 2.32 bits per heavy atom. The van der Waals surface area contributed by atoms with E-state index in [-0.39, 0.29) is 11.7 Å². The molecule has 34 heavy (non-hydrogen) atoms. The van der Waals surface area contributed by atoms with Crippen LogP contribution < -0.4 is 10.1 Å². The number of hydrogen-bond donors (Lipinski definition) is 1. The Kier molecular flexibility index (Phi) is 6.51. The molecule has 0 aliphatic heterocycles. The van der Waals surface area contributed by atoms with Crippen molar-refractivity contribution in [3.8, 4) is 22.7 Å². The van der Waals surface area contributed by atoms with Crippen molar-refractivity contribution < 1.29 is 17.9 Å². The van der Waals surface area contributed by atoms with Gasteiger partial charge in [0.15, 0.2) is 9.84 Å². The third-order valence-electron chi connectivity index (χ3n) is 5.26. The molecule has 0 unspecified atom stereocenters. The second kappa shape index (κ2) is 9.52. The monoisotopic (exact) mass is 475 g/mol. The quantitative estimate of drug-likeness (QED) is 0.420. The third kappa shape index (κ3) is 5.35. The van der Waals surface area contributed by atoms with E-state index in [1.54, 1.807) is 42.1 Å². The van der Waals surface area contributed by atoms with Gasteiger partial charge in [-0.3, -0.25) is 4.79 Å². The van der Waals surface area contributed by atoms with Crippen molar-refractivity contribution in [2.45, 2.75) is 12.7 Å². The summed E-state index contributed by atoms with van der Waals surface area (Å²) in [7, 11) is -1.55. The topological polar surface area (TPSA) is 90.3 Å². The van der Waals surface area contributed by atoms with Gasteiger partial charge in [0, 0.05) is 23.4 Å². The van der Waals surface area contributed by atoms with Crippen LogP contribution in [0.1, 0.15) is 21.5 Å². The average molecular weight is 476 g/mol. The van der Waals surface area contributed by atoms with E-state index in [9.17, 15) is 13.2 Å². The minimum Gasteiger partial charge on any atom is -0.496 e. The number of sulfone groups is 1. The number of carbonyl (C=O) groups excluding carboxylic acids is 1. The summed E-state index contributed by atoms with van der Waals surface area (Å²) in [6.07, 6.45) is 1.18. The molecule has 4 aromatic rings. The molecule has 1 heterocycles. The van der Waals surface area contributed by atoms with Crippen LogP contribution in [0.15, 0.2) is 78.9 Å². The number of nitrogens with one attached hydrogen (secondary N) is 1. The molecule has 0 aliphatic carbocycles. The SMILES string of the molecule is COc1ccccc1-c1cc(NC(=O)c2ccc(CS(C)(=O)=O)cc2)n(-c2ccc(C)cc2)n1. The van der Waals surface area contributed by atoms with Gasteiger partial charge in [0.2, 0.25) is 0 Å². The lowest BCUT2D eigenvalue weighted by Gasteiger charge is -2.10. The van der Waals surface area contributed by atoms with Crippen LogP contribution >= 0.6 is 0 Å². The van der Waals surface area contributed by atoms with Crippen LogP contribution in [0.4, 0.5) is 5.82 Å². The second-order valence-electron chi connectivity index (χ2n) is 8.08. The Balaban J connectivity index is 1.69. The summed E-state index contributed by atoms with van der Waals surface area (Å²) in [5.74, 6) is 0.772. The lowest BCUT2D eigenvalue weighted by Crippen LogP contribution is -2.15. The molecule has 0 atom stereocenters. The minimum atomic E-state index is -3.15. The van der Waals surface area contributed by atoms with Gasteiger partial charge in [-0.2, -0.15) is 5.10 Å². The Morgan fingerprint density at radius 1 is 1.00 bits per heavy atom. The summed E-state index contributed by atoms with van der Waals surface area (Å²) in [6, 6.07) is 23.7. The number of aryl methyl sites for hydroxylation is 1. The lowest BCUT2D eigenvalue weighted by molar-refractivity contribution is 0.102. The van der Waals surface area contributed by atoms with E-state index in [4.69, 9.17) is 9.84 Å². The Labute approximate surface area is 198 Å². The van der Waals surface area contributed by atoms with E-state index in [0.29, 0.717) is 28.4 Å². The third-order valence-corrected chi connectivity index (χ3v) is 6.12. The predicted molar refractivity (Wildman–Crippen MR) is 133 cm³/mol. The van der Waals surface area contributed by atoms with Crippen molar-refractivity contribution in [1.29, 1.82) is 0 Å². The van der Waals surface area contributed by atoms with Crippen molar-refractivity contribution in [3.63, 3.8) is 0 Å². The number of anilines is 1. The molecule has 0 aliphatic rings. The molecule has 1 aromatic heterocycles. The molecule has 7 nitrogen and oxygen atoms in total. The van der Waals surface area contributed by atoms with Crippen LogP contribution in [0.3, 0.4) is 0 Å². The number of carbonyl (C=O) groups is 1. The van der Waals surface area contributed by atoms with Crippen molar-refractivity contribution in [2.75, 3.05) is 18.7 Å². The first kappa shape index (κ1) is 23.3. The zero-order valence-corrected chi connectivity index (χ0v) is 20.0. The molecule has 0 saturated carbocycles. The second-order valence-corrected chi connectivity index (χ2v) is 10.2. The molecule has 174 valence electrons. The van der Waals surface area contributed by atoms with E-state index in [1.807, 2.05) is 55.5 Å². The van der Waals surface area contributed by atoms with Gasteiger partial charge in [0.1, 0.15) is 11.6 Å². The zero-order chi connectivity index (χ0) is 24.3. The molecule has 3 aromatic carbocycles. The normalized spacial score (nSPS) is 11.3. The maximum atomic E-state index is 13.0. The van der Waals surface area contributed by atoms with Crippen LogP contribution in [0.2, 0.25) is 0 Å². The van der Waals surface area contributed by atoms with E-state index >= 15 is 0 Å². The number of benzene rings is 3. The smallest absolute Gasteiger partial charge is 0.256 e. The first-order chi connectivity index (χ1) is 16.2. The number of hydrogen-bond acceptors (Lipinski definition) is 5. The van der Waals surface area contributed by atoms with Crippen LogP contribution in [0.25, 0.3) is 16.9 Å². The van der Waals surface area contributed by atoms with Gasteiger partial charge in [-0.05, 0) is 48.9 Å². The summed E-state index contributed by atoms with van der Waals surface area (Å²) in [5.41, 5.74) is 4.40. The van der Waals surface area contributed by atoms with Gasteiger partial charge in [-0.15, -0.1) is 0 Å². The molecule has 0 fully saturated rings. The first-order valence-electron chi connectivity index (χ1n) is 10.6. The van der Waals surface area contributed by atoms with Crippen molar-refractivity contribution in [1.82, 2.24) is 9.78 Å². The van der Waals surface area contributed by atoms with Gasteiger partial charge in [-0.1, -0.05) is 42.0 Å². The molecular formula is C26H25N3O4S. The van der Waals surface area contributed by atoms with E-state index in [2.05, 4.69) is 5.32 Å². The summed E-state index contributed by atoms with van der Waals surface area (Å²) < 4.78 is 30.2. The van der Waals surface area contributed by atoms with Crippen LogP contribution in [0.5, 0.6) is 5.75 Å². The summed E-state index contributed by atoms with van der Waals surface area (Å²) >= 11 is 0. The highest BCUT2D eigenvalue weighted by Crippen LogP contribution is 2.31. The maximum absolute atomic E-state index is 13.0. The predicted octanol–water partition coefficient (Wildman–Crippen LogP) is 4.65. The van der Waals surface area contributed by atoms with Crippen LogP contribution in [0, 0.1) is 6.92 Å². The van der Waals surface area contributed by atoms with Crippen molar-refractivity contribution in [2.24, 2.45) is 0 Å². The standard InChI is InChI=1S/C26H25N3O4S/c1-18-8-14-21(15-9-18)29-25(16-23(28-29)22-6-4-5-7-24(22)33-2)27-26(30)20-12-10-19(11-13-20)17-34(3,31)32/h4-16H,17H2,1-3H3,(H,27,30). The number of rotatable bonds is 7. The van der Waals surface area contributed by atoms with Crippen LogP contribution in [-0.2, 0) is 15.6 Å². The number of ether oxygens (including phenoxy) is 1. The maximum Gasteiger partial charge on any atom is 0.256 e. The lowest BCUT2D eigenvalue weighted by atomic mass is 10.1. The fourth-order valence-electron chi connectivity index (χ4n) is 3.58. The molecular weight excluding hydrogens is 450 g/mol. The number of para-hydroxylation sites is 1. The highest BCUT2D eigenvalue weighted by atomic mass is 32.2. The number of nitrogens with zero attached hydrogens (tertiary/aromatic N) is 2. The average Bonchev–Trinajstić information content (AvgIpc) is 3.22. The molecule has 0 spiro atoms. The molecule has 1 amide bonds. The Morgan fingerprint density at radius 2 is 1.68 bits per heavy atom. The van der Waals surface area contributed by atoms with Gasteiger partial charge < -0.3 is 10.1 Å². The van der Waals surface area contributed by atoms with Gasteiger partial charge in [0.05, 0.1) is 24.2 Å². The van der Waals surface area contributed by atoms with Crippen molar-refractivity contribution >= 4 is 21.6 Å². The summed E-state index contributed by atoms with van der Waals surface area (Å²) in [6.45, 7) is 2.00. The summed E-state index contributed by atoms with van der Waals surface area (Å²) in [5, 5.41) is 7.68. The fraction of sp³-hybridized carbons (Fsp3) is 0.154. The van der Waals surface area contributed by atoms with Gasteiger partial charge >= 0.3 is 0 Å². The van der Waals surface area contributed by atoms with Gasteiger partial charge in [0.25, 0.3) is 5.91 Å². The molecule has 4 rings (SSSR count). The fourth-order valence-corrected chi connectivity index (χ4v) is 4.38. The number of methoxy groups -OCH3 is 1.